The third kappa shape index (κ3) is 2.02. The van der Waals surface area contributed by atoms with Gasteiger partial charge in [0.15, 0.2) is 0 Å². The summed E-state index contributed by atoms with van der Waals surface area (Å²) in [5.74, 6) is 0.00857. The van der Waals surface area contributed by atoms with Gasteiger partial charge in [0.2, 0.25) is 5.95 Å². The molecule has 1 unspecified atom stereocenters. The van der Waals surface area contributed by atoms with Gasteiger partial charge in [0.1, 0.15) is 10.8 Å². The van der Waals surface area contributed by atoms with Crippen molar-refractivity contribution in [1.29, 1.82) is 0 Å². The minimum atomic E-state index is -0.348. The first-order chi connectivity index (χ1) is 9.08. The standard InChI is InChI=1S/C12H10BrFN4S/c1-6(11-16-2-3-19-11)18-10-4-7(13)8(14)5-9(10)17-12(18)15/h2-6H,1H3,(H2,15,17). The van der Waals surface area contributed by atoms with E-state index in [1.165, 1.54) is 6.07 Å². The molecule has 98 valence electrons. The zero-order valence-corrected chi connectivity index (χ0v) is 12.4. The normalized spacial score (nSPS) is 13.0. The maximum absolute atomic E-state index is 13.5. The zero-order chi connectivity index (χ0) is 13.6. The number of fused-ring (bicyclic) bond motifs is 1. The molecule has 2 heterocycles. The topological polar surface area (TPSA) is 56.7 Å². The van der Waals surface area contributed by atoms with Crippen molar-refractivity contribution < 1.29 is 4.39 Å². The monoisotopic (exact) mass is 340 g/mol. The minimum Gasteiger partial charge on any atom is -0.369 e. The molecule has 1 aromatic carbocycles. The molecule has 0 bridgehead atoms. The summed E-state index contributed by atoms with van der Waals surface area (Å²) in [4.78, 5) is 8.49. The van der Waals surface area contributed by atoms with Crippen LogP contribution >= 0.6 is 27.3 Å². The highest BCUT2D eigenvalue weighted by Crippen LogP contribution is 2.30. The number of hydrogen-bond donors (Lipinski definition) is 1. The SMILES string of the molecule is CC(c1nccs1)n1c(N)nc2cc(F)c(Br)cc21. The number of nitrogens with zero attached hydrogens (tertiary/aromatic N) is 3. The number of hydrogen-bond acceptors (Lipinski definition) is 4. The number of aromatic nitrogens is 3. The van der Waals surface area contributed by atoms with Crippen LogP contribution in [0.3, 0.4) is 0 Å². The highest BCUT2D eigenvalue weighted by atomic mass is 79.9. The predicted octanol–water partition coefficient (Wildman–Crippen LogP) is 3.59. The Kier molecular flexibility index (Phi) is 3.02. The summed E-state index contributed by atoms with van der Waals surface area (Å²) >= 11 is 4.74. The number of anilines is 1. The molecular weight excluding hydrogens is 331 g/mol. The highest BCUT2D eigenvalue weighted by molar-refractivity contribution is 9.10. The van der Waals surface area contributed by atoms with Crippen molar-refractivity contribution in [1.82, 2.24) is 14.5 Å². The van der Waals surface area contributed by atoms with E-state index in [-0.39, 0.29) is 11.9 Å². The Bertz CT molecular complexity index is 738. The average Bonchev–Trinajstić information content (AvgIpc) is 2.97. The van der Waals surface area contributed by atoms with Crippen molar-refractivity contribution in [3.8, 4) is 0 Å². The first-order valence-corrected chi connectivity index (χ1v) is 7.27. The average molecular weight is 341 g/mol. The molecular formula is C12H10BrFN4S. The molecule has 2 aromatic heterocycles. The van der Waals surface area contributed by atoms with Crippen molar-refractivity contribution in [3.63, 3.8) is 0 Å². The van der Waals surface area contributed by atoms with Gasteiger partial charge in [-0.3, -0.25) is 0 Å². The number of benzene rings is 1. The third-order valence-electron chi connectivity index (χ3n) is 2.95. The van der Waals surface area contributed by atoms with E-state index < -0.39 is 0 Å². The van der Waals surface area contributed by atoms with Gasteiger partial charge in [-0.1, -0.05) is 0 Å². The van der Waals surface area contributed by atoms with Gasteiger partial charge in [0.25, 0.3) is 0 Å². The Balaban J connectivity index is 2.23. The molecule has 0 amide bonds. The Morgan fingerprint density at radius 3 is 2.95 bits per heavy atom. The molecule has 0 saturated carbocycles. The lowest BCUT2D eigenvalue weighted by Gasteiger charge is -2.13. The van der Waals surface area contributed by atoms with Crippen molar-refractivity contribution in [3.05, 3.63) is 39.0 Å². The van der Waals surface area contributed by atoms with Crippen molar-refractivity contribution >= 4 is 44.2 Å². The number of nitrogen functional groups attached to an aromatic ring is 1. The van der Waals surface area contributed by atoms with Gasteiger partial charge in [-0.2, -0.15) is 0 Å². The molecule has 19 heavy (non-hydrogen) atoms. The summed E-state index contributed by atoms with van der Waals surface area (Å²) in [5.41, 5.74) is 7.28. The van der Waals surface area contributed by atoms with E-state index in [4.69, 9.17) is 5.73 Å². The van der Waals surface area contributed by atoms with Gasteiger partial charge in [-0.05, 0) is 28.9 Å². The summed E-state index contributed by atoms with van der Waals surface area (Å²) in [7, 11) is 0. The lowest BCUT2D eigenvalue weighted by Crippen LogP contribution is -2.09. The molecule has 0 radical (unpaired) electrons. The van der Waals surface area contributed by atoms with Gasteiger partial charge >= 0.3 is 0 Å². The van der Waals surface area contributed by atoms with E-state index in [1.807, 2.05) is 16.9 Å². The van der Waals surface area contributed by atoms with E-state index in [0.717, 1.165) is 10.5 Å². The maximum Gasteiger partial charge on any atom is 0.201 e. The fraction of sp³-hybridized carbons (Fsp3) is 0.167. The van der Waals surface area contributed by atoms with Crippen LogP contribution in [-0.4, -0.2) is 14.5 Å². The Morgan fingerprint density at radius 2 is 2.26 bits per heavy atom. The van der Waals surface area contributed by atoms with Crippen LogP contribution in [0.2, 0.25) is 0 Å². The summed E-state index contributed by atoms with van der Waals surface area (Å²) in [5, 5.41) is 2.85. The summed E-state index contributed by atoms with van der Waals surface area (Å²) in [6.45, 7) is 1.99. The number of imidazole rings is 1. The van der Waals surface area contributed by atoms with Crippen LogP contribution in [0.1, 0.15) is 18.0 Å². The van der Waals surface area contributed by atoms with Crippen LogP contribution < -0.4 is 5.73 Å². The molecule has 0 aliphatic rings. The highest BCUT2D eigenvalue weighted by Gasteiger charge is 2.18. The van der Waals surface area contributed by atoms with Gasteiger partial charge in [0.05, 0.1) is 21.5 Å². The molecule has 7 heteroatoms. The second-order valence-electron chi connectivity index (χ2n) is 4.14. The number of nitrogens with two attached hydrogens (primary N) is 1. The Morgan fingerprint density at radius 1 is 1.47 bits per heavy atom. The molecule has 0 aliphatic heterocycles. The van der Waals surface area contributed by atoms with Crippen LogP contribution in [0, 0.1) is 5.82 Å². The molecule has 0 aliphatic carbocycles. The number of thiazole rings is 1. The molecule has 0 fully saturated rings. The van der Waals surface area contributed by atoms with Crippen LogP contribution in [0.25, 0.3) is 11.0 Å². The molecule has 2 N–H and O–H groups in total. The van der Waals surface area contributed by atoms with E-state index in [1.54, 1.807) is 23.6 Å². The van der Waals surface area contributed by atoms with Gasteiger partial charge in [-0.25, -0.2) is 14.4 Å². The Labute approximate surface area is 121 Å². The molecule has 0 spiro atoms. The summed E-state index contributed by atoms with van der Waals surface area (Å²) < 4.78 is 15.8. The molecule has 1 atom stereocenters. The first-order valence-electron chi connectivity index (χ1n) is 5.59. The largest absolute Gasteiger partial charge is 0.369 e. The predicted molar refractivity (Wildman–Crippen MR) is 77.7 cm³/mol. The molecule has 0 saturated heterocycles. The lowest BCUT2D eigenvalue weighted by atomic mass is 10.2. The number of rotatable bonds is 2. The van der Waals surface area contributed by atoms with E-state index in [2.05, 4.69) is 25.9 Å². The fourth-order valence-corrected chi connectivity index (χ4v) is 3.08. The maximum atomic E-state index is 13.5. The fourth-order valence-electron chi connectivity index (χ4n) is 2.07. The van der Waals surface area contributed by atoms with E-state index >= 15 is 0 Å². The zero-order valence-electron chi connectivity index (χ0n) is 9.97. The van der Waals surface area contributed by atoms with E-state index in [9.17, 15) is 4.39 Å². The van der Waals surface area contributed by atoms with Gasteiger partial charge in [0, 0.05) is 17.6 Å². The van der Waals surface area contributed by atoms with Crippen molar-refractivity contribution in [2.24, 2.45) is 0 Å². The van der Waals surface area contributed by atoms with Crippen LogP contribution in [0.4, 0.5) is 10.3 Å². The summed E-state index contributed by atoms with van der Waals surface area (Å²) in [6, 6.07) is 3.03. The van der Waals surface area contributed by atoms with Crippen molar-refractivity contribution in [2.75, 3.05) is 5.73 Å². The smallest absolute Gasteiger partial charge is 0.201 e. The number of halogens is 2. The second-order valence-corrected chi connectivity index (χ2v) is 5.92. The van der Waals surface area contributed by atoms with Crippen LogP contribution in [0.5, 0.6) is 0 Å². The molecule has 3 rings (SSSR count). The van der Waals surface area contributed by atoms with E-state index in [0.29, 0.717) is 15.9 Å². The second kappa shape index (κ2) is 4.57. The van der Waals surface area contributed by atoms with Gasteiger partial charge < -0.3 is 10.3 Å². The molecule has 3 aromatic rings. The summed E-state index contributed by atoms with van der Waals surface area (Å²) in [6.07, 6.45) is 1.75. The first kappa shape index (κ1) is 12.6. The Hall–Kier alpha value is -1.47. The lowest BCUT2D eigenvalue weighted by molar-refractivity contribution is 0.622. The van der Waals surface area contributed by atoms with Crippen LogP contribution in [-0.2, 0) is 0 Å². The minimum absolute atomic E-state index is 0.0395. The van der Waals surface area contributed by atoms with Crippen LogP contribution in [0.15, 0.2) is 28.2 Å². The van der Waals surface area contributed by atoms with Crippen molar-refractivity contribution in [2.45, 2.75) is 13.0 Å². The quantitative estimate of drug-likeness (QED) is 0.775. The van der Waals surface area contributed by atoms with Gasteiger partial charge in [-0.15, -0.1) is 11.3 Å². The molecule has 4 nitrogen and oxygen atoms in total. The third-order valence-corrected chi connectivity index (χ3v) is 4.51.